The molecule has 5 nitrogen and oxygen atoms in total. The Kier molecular flexibility index (Phi) is 8.76. The molecule has 0 atom stereocenters. The van der Waals surface area contributed by atoms with Crippen LogP contribution in [0.15, 0.2) is 156 Å². The van der Waals surface area contributed by atoms with E-state index < -0.39 is 54.9 Å². The molecular formula is C59H54N4O. The van der Waals surface area contributed by atoms with Gasteiger partial charge in [0.25, 0.3) is 0 Å². The number of aryl methyl sites for hydroxylation is 7. The third kappa shape index (κ3) is 9.15. The van der Waals surface area contributed by atoms with Crippen LogP contribution >= 0.6 is 0 Å². The molecule has 4 heterocycles. The Hall–Kier alpha value is -7.16. The van der Waals surface area contributed by atoms with Crippen LogP contribution in [0.3, 0.4) is 0 Å². The molecule has 0 radical (unpaired) electrons. The van der Waals surface area contributed by atoms with Crippen LogP contribution in [-0.4, -0.2) is 15.0 Å². The number of hydrogen-bond donors (Lipinski definition) is 0. The molecule has 0 saturated heterocycles. The average Bonchev–Trinajstić information content (AvgIpc) is 3.78. The molecule has 316 valence electrons. The molecule has 0 N–H and O–H groups in total. The van der Waals surface area contributed by atoms with Crippen LogP contribution in [0.2, 0.25) is 0 Å². The average molecular weight is 847 g/mol. The van der Waals surface area contributed by atoms with Gasteiger partial charge >= 0.3 is 0 Å². The number of rotatable bonds is 14. The number of aromatic nitrogens is 3. The Bertz CT molecular complexity index is 3580. The Balaban J connectivity index is 1.19. The normalized spacial score (nSPS) is 15.7. The molecule has 9 rings (SSSR count). The lowest BCUT2D eigenvalue weighted by Gasteiger charge is -2.17. The number of pyridine rings is 3. The quantitative estimate of drug-likeness (QED) is 0.109. The first-order valence-corrected chi connectivity index (χ1v) is 21.3. The van der Waals surface area contributed by atoms with Gasteiger partial charge < -0.3 is 4.42 Å². The highest BCUT2D eigenvalue weighted by Gasteiger charge is 2.17. The van der Waals surface area contributed by atoms with E-state index in [2.05, 4.69) is 21.0 Å². The van der Waals surface area contributed by atoms with Crippen molar-refractivity contribution >= 4 is 21.9 Å². The number of nitrogens with zero attached hydrogens (tertiary/aromatic N) is 4. The summed E-state index contributed by atoms with van der Waals surface area (Å²) in [6.07, 6.45) is -14.4. The van der Waals surface area contributed by atoms with Crippen molar-refractivity contribution in [2.24, 2.45) is 0 Å². The standard InChI is InChI=1S/C59H54N4O/c1-38(2)53-32-55(45-13-8-6-9-14-45)61-36-48(53)24-20-42-28-41(29-43(30-42)21-25-49-37-62-56(33-54(49)39(3)4)46-15-10-7-11-16-46)19-23-47-35-63-57(27-40(47)5)52-18-12-17-51-50-26-22-44(34-60)31-58(50)64-59(51)52/h6-18,22,26-33,35-39H,19-21,23-25H2,1-5H3/i19D2,20D2,21D2,23D2,24D2,25D2. The smallest absolute Gasteiger partial charge is 0.144 e. The zero-order chi connectivity index (χ0) is 54.9. The molecule has 0 spiro atoms. The molecule has 9 aromatic rings. The van der Waals surface area contributed by atoms with E-state index in [-0.39, 0.29) is 34.1 Å². The Morgan fingerprint density at radius 2 is 1.05 bits per heavy atom. The summed E-state index contributed by atoms with van der Waals surface area (Å²) in [5, 5.41) is 11.0. The Morgan fingerprint density at radius 3 is 1.56 bits per heavy atom. The summed E-state index contributed by atoms with van der Waals surface area (Å²) in [5.41, 5.74) is 4.03. The van der Waals surface area contributed by atoms with Crippen LogP contribution in [-0.2, 0) is 38.2 Å². The van der Waals surface area contributed by atoms with E-state index in [1.54, 1.807) is 49.4 Å². The van der Waals surface area contributed by atoms with Gasteiger partial charge in [0.2, 0.25) is 0 Å². The van der Waals surface area contributed by atoms with E-state index in [0.717, 1.165) is 40.1 Å². The topological polar surface area (TPSA) is 75.6 Å². The highest BCUT2D eigenvalue weighted by molar-refractivity contribution is 6.09. The van der Waals surface area contributed by atoms with Gasteiger partial charge in [-0.15, -0.1) is 0 Å². The van der Waals surface area contributed by atoms with Crippen molar-refractivity contribution in [1.82, 2.24) is 15.0 Å². The van der Waals surface area contributed by atoms with Crippen molar-refractivity contribution in [2.75, 3.05) is 0 Å². The van der Waals surface area contributed by atoms with Gasteiger partial charge in [0.05, 0.1) is 28.7 Å². The lowest BCUT2D eigenvalue weighted by atomic mass is 9.90. The number of benzene rings is 5. The van der Waals surface area contributed by atoms with E-state index >= 15 is 0 Å². The largest absolute Gasteiger partial charge is 0.455 e. The molecule has 0 unspecified atom stereocenters. The van der Waals surface area contributed by atoms with Gasteiger partial charge in [0, 0.05) is 62.5 Å². The van der Waals surface area contributed by atoms with Gasteiger partial charge in [-0.1, -0.05) is 119 Å². The zero-order valence-corrected chi connectivity index (χ0v) is 36.3. The van der Waals surface area contributed by atoms with Crippen LogP contribution in [0.25, 0.3) is 55.7 Å². The minimum Gasteiger partial charge on any atom is -0.455 e. The van der Waals surface area contributed by atoms with E-state index in [4.69, 9.17) is 4.42 Å². The van der Waals surface area contributed by atoms with Crippen LogP contribution in [0.1, 0.15) is 112 Å². The van der Waals surface area contributed by atoms with Gasteiger partial charge in [0.15, 0.2) is 0 Å². The number of nitriles is 1. The van der Waals surface area contributed by atoms with Gasteiger partial charge in [-0.3, -0.25) is 15.0 Å². The summed E-state index contributed by atoms with van der Waals surface area (Å²) in [5.74, 6) is -0.666. The fraction of sp³-hybridized carbons (Fsp3) is 0.220. The summed E-state index contributed by atoms with van der Waals surface area (Å²) < 4.78 is 123. The predicted octanol–water partition coefficient (Wildman–Crippen LogP) is 14.6. The summed E-state index contributed by atoms with van der Waals surface area (Å²) in [7, 11) is 0. The first-order valence-electron chi connectivity index (χ1n) is 27.3. The highest BCUT2D eigenvalue weighted by atomic mass is 16.3. The van der Waals surface area contributed by atoms with Crippen molar-refractivity contribution in [1.29, 1.82) is 5.26 Å². The van der Waals surface area contributed by atoms with Crippen molar-refractivity contribution in [3.8, 4) is 39.8 Å². The molecule has 5 heteroatoms. The van der Waals surface area contributed by atoms with Crippen molar-refractivity contribution in [3.05, 3.63) is 208 Å². The fourth-order valence-electron chi connectivity index (χ4n) is 7.81. The maximum absolute atomic E-state index is 9.74. The molecule has 0 fully saturated rings. The van der Waals surface area contributed by atoms with Crippen LogP contribution < -0.4 is 0 Å². The minimum atomic E-state index is -3.14. The SMILES string of the molecule is [2H]C([2H])(c1cc(C([2H])([2H])C([2H])([2H])c2cnc(-c3ccccc3)cc2C(C)C)cc(C([2H])([2H])C([2H])([2H])c2cnc(-c3ccccc3)cc2C(C)C)c1)C([2H])([2H])c1cnc(-c2cccc3c2oc2cc(C#N)ccc23)cc1C. The maximum Gasteiger partial charge on any atom is 0.144 e. The summed E-state index contributed by atoms with van der Waals surface area (Å²) >= 11 is 0. The number of hydrogen-bond acceptors (Lipinski definition) is 5. The lowest BCUT2D eigenvalue weighted by molar-refractivity contribution is 0.669. The van der Waals surface area contributed by atoms with Gasteiger partial charge in [-0.05, 0) is 150 Å². The molecule has 4 aromatic heterocycles. The van der Waals surface area contributed by atoms with E-state index in [9.17, 15) is 21.7 Å². The number of para-hydroxylation sites is 1. The summed E-state index contributed by atoms with van der Waals surface area (Å²) in [6.45, 7) is 8.96. The van der Waals surface area contributed by atoms with Gasteiger partial charge in [0.1, 0.15) is 11.2 Å². The zero-order valence-electron chi connectivity index (χ0n) is 48.3. The first kappa shape index (κ1) is 30.0. The monoisotopic (exact) mass is 847 g/mol. The highest BCUT2D eigenvalue weighted by Crippen LogP contribution is 2.36. The fourth-order valence-corrected chi connectivity index (χ4v) is 7.81. The molecule has 0 aliphatic heterocycles. The third-order valence-corrected chi connectivity index (χ3v) is 11.2. The molecular weight excluding hydrogens is 781 g/mol. The second-order valence-electron chi connectivity index (χ2n) is 16.4. The molecule has 5 aromatic carbocycles. The van der Waals surface area contributed by atoms with Gasteiger partial charge in [-0.25, -0.2) is 0 Å². The summed E-state index contributed by atoms with van der Waals surface area (Å²) in [6, 6.07) is 39.3. The molecule has 0 aliphatic rings. The number of fused-ring (bicyclic) bond motifs is 3. The number of furan rings is 1. The molecule has 0 saturated carbocycles. The molecule has 0 bridgehead atoms. The van der Waals surface area contributed by atoms with Gasteiger partial charge in [-0.2, -0.15) is 5.26 Å². The molecule has 0 amide bonds. The van der Waals surface area contributed by atoms with E-state index in [1.807, 2.05) is 100 Å². The van der Waals surface area contributed by atoms with Crippen LogP contribution in [0, 0.1) is 18.3 Å². The van der Waals surface area contributed by atoms with E-state index in [0.29, 0.717) is 50.5 Å². The van der Waals surface area contributed by atoms with Crippen molar-refractivity contribution in [2.45, 2.75) is 84.7 Å². The first-order chi connectivity index (χ1) is 35.7. The molecule has 0 aliphatic carbocycles. The summed E-state index contributed by atoms with van der Waals surface area (Å²) in [4.78, 5) is 13.8. The predicted molar refractivity (Wildman–Crippen MR) is 263 cm³/mol. The Morgan fingerprint density at radius 1 is 0.531 bits per heavy atom. The van der Waals surface area contributed by atoms with Crippen molar-refractivity contribution < 1.29 is 20.9 Å². The second-order valence-corrected chi connectivity index (χ2v) is 16.4. The third-order valence-electron chi connectivity index (χ3n) is 11.2. The van der Waals surface area contributed by atoms with Crippen molar-refractivity contribution in [3.63, 3.8) is 0 Å². The minimum absolute atomic E-state index is 0.103. The van der Waals surface area contributed by atoms with E-state index in [1.165, 1.54) is 18.6 Å². The lowest BCUT2D eigenvalue weighted by Crippen LogP contribution is -2.04. The van der Waals surface area contributed by atoms with Crippen LogP contribution in [0.4, 0.5) is 0 Å². The maximum atomic E-state index is 9.74. The molecule has 64 heavy (non-hydrogen) atoms. The van der Waals surface area contributed by atoms with Crippen LogP contribution in [0.5, 0.6) is 0 Å². The second kappa shape index (κ2) is 18.7. The Labute approximate surface area is 394 Å².